The fraction of sp³-hybridized carbons (Fsp3) is 0.571. The first kappa shape index (κ1) is 35.0. The largest absolute Gasteiger partial charge is 0.488 e. The molecule has 0 rings (SSSR count). The van der Waals surface area contributed by atoms with E-state index in [4.69, 9.17) is 22.4 Å². The molecule has 0 aromatic rings. The van der Waals surface area contributed by atoms with Crippen molar-refractivity contribution in [3.63, 3.8) is 0 Å². The van der Waals surface area contributed by atoms with Crippen LogP contribution in [0, 0.1) is 0 Å². The Morgan fingerprint density at radius 2 is 0.838 bits per heavy atom. The van der Waals surface area contributed by atoms with Gasteiger partial charge in [0.25, 0.3) is 0 Å². The molecular weight excluding hydrogens is 544 g/mol. The van der Waals surface area contributed by atoms with Crippen molar-refractivity contribution >= 4 is 44.3 Å². The molecule has 212 valence electrons. The van der Waals surface area contributed by atoms with Gasteiger partial charge in [-0.05, 0) is 40.0 Å². The van der Waals surface area contributed by atoms with Crippen molar-refractivity contribution in [1.29, 1.82) is 0 Å². The Kier molecular flexibility index (Phi) is 15.2. The third-order valence-corrected chi connectivity index (χ3v) is 12.5. The zero-order chi connectivity index (χ0) is 28.9. The van der Waals surface area contributed by atoms with E-state index in [0.29, 0.717) is 0 Å². The van der Waals surface area contributed by atoms with E-state index < -0.39 is 62.5 Å². The number of hydrogen-bond donors (Lipinski definition) is 5. The second-order valence-electron chi connectivity index (χ2n) is 8.46. The average Bonchev–Trinajstić information content (AvgIpc) is 2.75. The molecule has 0 spiro atoms. The Balaban J connectivity index is 5.18. The lowest BCUT2D eigenvalue weighted by atomic mass is 10.4. The van der Waals surface area contributed by atoms with Crippen LogP contribution < -0.4 is 0 Å². The molecule has 0 aliphatic rings. The summed E-state index contributed by atoms with van der Waals surface area (Å²) in [5, 5.41) is 0. The van der Waals surface area contributed by atoms with Gasteiger partial charge < -0.3 is 46.4 Å². The van der Waals surface area contributed by atoms with E-state index in [1.54, 1.807) is 0 Å². The van der Waals surface area contributed by atoms with Crippen molar-refractivity contribution in [1.82, 2.24) is 0 Å². The summed E-state index contributed by atoms with van der Waals surface area (Å²) >= 11 is 0. The minimum atomic E-state index is -4.65. The molecular formula is C21H38O13Si3. The van der Waals surface area contributed by atoms with Crippen molar-refractivity contribution in [2.75, 3.05) is 19.8 Å². The highest BCUT2D eigenvalue weighted by atomic mass is 28.5. The van der Waals surface area contributed by atoms with Crippen LogP contribution in [0.25, 0.3) is 0 Å². The van der Waals surface area contributed by atoms with Crippen molar-refractivity contribution in [3.8, 4) is 0 Å². The lowest BCUT2D eigenvalue weighted by Gasteiger charge is -2.33. The van der Waals surface area contributed by atoms with Crippen LogP contribution in [0.15, 0.2) is 36.5 Å². The van der Waals surface area contributed by atoms with E-state index >= 15 is 0 Å². The first-order chi connectivity index (χ1) is 16.9. The predicted octanol–water partition coefficient (Wildman–Crippen LogP) is 0.326. The third kappa shape index (κ3) is 16.5. The van der Waals surface area contributed by atoms with Crippen LogP contribution in [0.4, 0.5) is 0 Å². The quantitative estimate of drug-likeness (QED) is 0.0459. The minimum Gasteiger partial charge on any atom is -0.462 e. The Morgan fingerprint density at radius 1 is 0.568 bits per heavy atom. The predicted molar refractivity (Wildman–Crippen MR) is 136 cm³/mol. The maximum Gasteiger partial charge on any atom is 0.488 e. The lowest BCUT2D eigenvalue weighted by molar-refractivity contribution is -0.139. The van der Waals surface area contributed by atoms with Crippen LogP contribution in [-0.4, -0.2) is 88.1 Å². The highest BCUT2D eigenvalue weighted by molar-refractivity contribution is 6.78. The maximum atomic E-state index is 11.5. The van der Waals surface area contributed by atoms with E-state index in [-0.39, 0.29) is 55.8 Å². The van der Waals surface area contributed by atoms with E-state index in [0.717, 1.165) is 0 Å². The summed E-state index contributed by atoms with van der Waals surface area (Å²) in [6.07, 6.45) is -0.134. The van der Waals surface area contributed by atoms with Crippen LogP contribution in [-0.2, 0) is 36.8 Å². The molecule has 5 N–H and O–H groups in total. The van der Waals surface area contributed by atoms with Crippen molar-refractivity contribution in [3.05, 3.63) is 36.5 Å². The molecule has 0 amide bonds. The second kappa shape index (κ2) is 16.1. The molecule has 0 aliphatic heterocycles. The number of ether oxygens (including phenoxy) is 3. The van der Waals surface area contributed by atoms with Gasteiger partial charge in [0.15, 0.2) is 0 Å². The third-order valence-electron chi connectivity index (χ3n) is 4.32. The van der Waals surface area contributed by atoms with Crippen LogP contribution in [0.2, 0.25) is 18.1 Å². The van der Waals surface area contributed by atoms with Crippen LogP contribution in [0.5, 0.6) is 0 Å². The van der Waals surface area contributed by atoms with Crippen LogP contribution in [0.3, 0.4) is 0 Å². The Labute approximate surface area is 219 Å². The normalized spacial score (nSPS) is 12.0. The van der Waals surface area contributed by atoms with E-state index in [2.05, 4.69) is 19.7 Å². The summed E-state index contributed by atoms with van der Waals surface area (Å²) < 4.78 is 25.0. The number of hydrogen-bond acceptors (Lipinski definition) is 13. The smallest absolute Gasteiger partial charge is 0.462 e. The van der Waals surface area contributed by atoms with Gasteiger partial charge in [0, 0.05) is 34.9 Å². The molecule has 0 saturated heterocycles. The summed E-state index contributed by atoms with van der Waals surface area (Å²) in [7, 11) is -13.9. The fourth-order valence-corrected chi connectivity index (χ4v) is 10.6. The summed E-state index contributed by atoms with van der Waals surface area (Å²) in [6.45, 7) is 14.1. The number of esters is 3. The number of carbonyl (C=O) groups excluding carboxylic acids is 3. The van der Waals surface area contributed by atoms with E-state index in [1.807, 2.05) is 0 Å². The number of rotatable bonds is 19. The molecule has 0 fully saturated rings. The highest BCUT2D eigenvalue weighted by Gasteiger charge is 2.52. The molecule has 16 heteroatoms. The maximum absolute atomic E-state index is 11.5. The Morgan fingerprint density at radius 3 is 1.11 bits per heavy atom. The zero-order valence-corrected chi connectivity index (χ0v) is 24.5. The van der Waals surface area contributed by atoms with Gasteiger partial charge in [0.2, 0.25) is 0 Å². The van der Waals surface area contributed by atoms with E-state index in [1.165, 1.54) is 20.8 Å². The van der Waals surface area contributed by atoms with Gasteiger partial charge in [-0.3, -0.25) is 0 Å². The van der Waals surface area contributed by atoms with Gasteiger partial charge in [0.1, 0.15) is 0 Å². The van der Waals surface area contributed by atoms with Gasteiger partial charge in [-0.2, -0.15) is 0 Å². The standard InChI is InChI=1S/C21H38O13Si3/c1-16(2)19(22)30-10-7-13-35(25,26)33-37(29,15-9-12-32-21(24)18(5)6)34-36(27,28)14-8-11-31-20(23)17(3)4/h25-29H,1,3,5,7-15H2,2,4,6H3. The molecule has 0 bridgehead atoms. The first-order valence-corrected chi connectivity index (χ1v) is 17.4. The van der Waals surface area contributed by atoms with Gasteiger partial charge in [-0.15, -0.1) is 0 Å². The Hall–Kier alpha value is -2.00. The van der Waals surface area contributed by atoms with Crippen LogP contribution in [0.1, 0.15) is 40.0 Å². The molecule has 13 nitrogen and oxygen atoms in total. The second-order valence-corrected chi connectivity index (χ2v) is 16.0. The summed E-state index contributed by atoms with van der Waals surface area (Å²) in [4.78, 5) is 86.8. The molecule has 0 atom stereocenters. The fourth-order valence-electron chi connectivity index (χ4n) is 2.50. The molecule has 0 aromatic heterocycles. The summed E-state index contributed by atoms with van der Waals surface area (Å²) in [5.74, 6) is -2.00. The lowest BCUT2D eigenvalue weighted by Crippen LogP contribution is -2.60. The molecule has 0 aliphatic carbocycles. The van der Waals surface area contributed by atoms with Crippen molar-refractivity contribution in [2.45, 2.75) is 58.2 Å². The summed E-state index contributed by atoms with van der Waals surface area (Å²) in [6, 6.07) is -1.21. The minimum absolute atomic E-state index is 0.0339. The van der Waals surface area contributed by atoms with Crippen molar-refractivity contribution in [2.24, 2.45) is 0 Å². The SMILES string of the molecule is C=C(C)C(=O)OCCC[Si](O)(O)O[Si](O)(CCCOC(=O)C(=C)C)O[Si](O)(O)CCCOC(=O)C(=C)C. The Bertz CT molecular complexity index is 794. The first-order valence-electron chi connectivity index (χ1n) is 11.4. The number of carbonyl (C=O) groups is 3. The topological polar surface area (TPSA) is 199 Å². The van der Waals surface area contributed by atoms with Gasteiger partial charge in [-0.1, -0.05) is 19.7 Å². The van der Waals surface area contributed by atoms with Gasteiger partial charge in [-0.25, -0.2) is 14.4 Å². The molecule has 0 radical (unpaired) electrons. The van der Waals surface area contributed by atoms with E-state index in [9.17, 15) is 38.4 Å². The molecule has 0 heterocycles. The zero-order valence-electron chi connectivity index (χ0n) is 21.5. The molecule has 0 aromatic carbocycles. The highest BCUT2D eigenvalue weighted by Crippen LogP contribution is 2.24. The average molecular weight is 583 g/mol. The summed E-state index contributed by atoms with van der Waals surface area (Å²) in [5.41, 5.74) is 0.475. The van der Waals surface area contributed by atoms with Crippen LogP contribution >= 0.6 is 0 Å². The van der Waals surface area contributed by atoms with Gasteiger partial charge in [0.05, 0.1) is 19.8 Å². The molecule has 37 heavy (non-hydrogen) atoms. The molecule has 0 unspecified atom stereocenters. The monoisotopic (exact) mass is 582 g/mol. The van der Waals surface area contributed by atoms with Crippen molar-refractivity contribution < 1.29 is 60.8 Å². The molecule has 0 saturated carbocycles. The van der Waals surface area contributed by atoms with Gasteiger partial charge >= 0.3 is 44.3 Å².